The van der Waals surface area contributed by atoms with E-state index in [9.17, 15) is 4.79 Å². The maximum absolute atomic E-state index is 11.8. The maximum atomic E-state index is 11.8. The molecule has 128 valence electrons. The molecule has 0 unspecified atom stereocenters. The Bertz CT molecular complexity index is 646. The van der Waals surface area contributed by atoms with Crippen LogP contribution >= 0.6 is 23.4 Å². The number of thioether (sulfide) groups is 1. The highest BCUT2D eigenvalue weighted by Crippen LogP contribution is 2.20. The Morgan fingerprint density at radius 2 is 1.92 bits per heavy atom. The van der Waals surface area contributed by atoms with Crippen LogP contribution in [0.25, 0.3) is 0 Å². The van der Waals surface area contributed by atoms with E-state index < -0.39 is 0 Å². The first-order valence-corrected chi connectivity index (χ1v) is 9.43. The van der Waals surface area contributed by atoms with Gasteiger partial charge in [-0.1, -0.05) is 41.9 Å². The van der Waals surface area contributed by atoms with Gasteiger partial charge in [0, 0.05) is 17.3 Å². The van der Waals surface area contributed by atoms with E-state index in [1.54, 1.807) is 18.9 Å². The number of ether oxygens (including phenoxy) is 1. The number of methoxy groups -OCH3 is 1. The Kier molecular flexibility index (Phi) is 7.99. The van der Waals surface area contributed by atoms with Crippen molar-refractivity contribution in [2.75, 3.05) is 19.4 Å². The third-order valence-electron chi connectivity index (χ3n) is 3.57. The van der Waals surface area contributed by atoms with Crippen molar-refractivity contribution < 1.29 is 9.53 Å². The molecule has 1 N–H and O–H groups in total. The van der Waals surface area contributed by atoms with Gasteiger partial charge >= 0.3 is 0 Å². The standard InChI is InChI=1S/C19H22ClNO2S/c1-23-17-10-8-15(9-11-17)5-4-12-21-19(22)14-24-13-16-6-2-3-7-18(16)20/h2-3,6-11H,4-5,12-14H2,1H3,(H,21,22). The molecule has 1 amide bonds. The number of aryl methyl sites for hydroxylation is 1. The van der Waals surface area contributed by atoms with Crippen LogP contribution < -0.4 is 10.1 Å². The summed E-state index contributed by atoms with van der Waals surface area (Å²) >= 11 is 7.67. The fraction of sp³-hybridized carbons (Fsp3) is 0.316. The molecule has 2 aromatic rings. The van der Waals surface area contributed by atoms with Crippen molar-refractivity contribution in [3.05, 3.63) is 64.7 Å². The van der Waals surface area contributed by atoms with Gasteiger partial charge in [0.05, 0.1) is 12.9 Å². The molecule has 0 heterocycles. The summed E-state index contributed by atoms with van der Waals surface area (Å²) in [6, 6.07) is 15.8. The van der Waals surface area contributed by atoms with Crippen LogP contribution in [0.5, 0.6) is 5.75 Å². The van der Waals surface area contributed by atoms with Crippen LogP contribution in [-0.2, 0) is 17.0 Å². The summed E-state index contributed by atoms with van der Waals surface area (Å²) in [5.41, 5.74) is 2.31. The van der Waals surface area contributed by atoms with E-state index in [4.69, 9.17) is 16.3 Å². The molecule has 2 rings (SSSR count). The van der Waals surface area contributed by atoms with Crippen molar-refractivity contribution in [1.29, 1.82) is 0 Å². The number of hydrogen-bond donors (Lipinski definition) is 1. The Balaban J connectivity index is 1.58. The molecule has 0 radical (unpaired) electrons. The molecule has 5 heteroatoms. The largest absolute Gasteiger partial charge is 0.497 e. The summed E-state index contributed by atoms with van der Waals surface area (Å²) < 4.78 is 5.14. The van der Waals surface area contributed by atoms with Crippen LogP contribution in [0.3, 0.4) is 0 Å². The van der Waals surface area contributed by atoms with Crippen LogP contribution in [0, 0.1) is 0 Å². The summed E-state index contributed by atoms with van der Waals surface area (Å²) in [6.07, 6.45) is 1.87. The van der Waals surface area contributed by atoms with Gasteiger partial charge in [-0.3, -0.25) is 4.79 Å². The maximum Gasteiger partial charge on any atom is 0.230 e. The zero-order chi connectivity index (χ0) is 17.2. The molecule has 0 aromatic heterocycles. The minimum absolute atomic E-state index is 0.0711. The van der Waals surface area contributed by atoms with Crippen molar-refractivity contribution in [1.82, 2.24) is 5.32 Å². The molecule has 0 bridgehead atoms. The molecule has 24 heavy (non-hydrogen) atoms. The molecule has 0 aliphatic rings. The molecule has 3 nitrogen and oxygen atoms in total. The number of halogens is 1. The van der Waals surface area contributed by atoms with Crippen LogP contribution in [0.4, 0.5) is 0 Å². The monoisotopic (exact) mass is 363 g/mol. The molecule has 0 spiro atoms. The van der Waals surface area contributed by atoms with Gasteiger partial charge in [-0.25, -0.2) is 0 Å². The first kappa shape index (κ1) is 18.7. The Hall–Kier alpha value is -1.65. The molecule has 0 aliphatic heterocycles. The summed E-state index contributed by atoms with van der Waals surface area (Å²) in [5.74, 6) is 2.14. The van der Waals surface area contributed by atoms with Gasteiger partial charge < -0.3 is 10.1 Å². The second kappa shape index (κ2) is 10.3. The van der Waals surface area contributed by atoms with Gasteiger partial charge in [0.2, 0.25) is 5.91 Å². The van der Waals surface area contributed by atoms with E-state index in [1.807, 2.05) is 36.4 Å². The average molecular weight is 364 g/mol. The highest BCUT2D eigenvalue weighted by atomic mass is 35.5. The lowest BCUT2D eigenvalue weighted by Crippen LogP contribution is -2.26. The van der Waals surface area contributed by atoms with Gasteiger partial charge in [0.1, 0.15) is 5.75 Å². The van der Waals surface area contributed by atoms with Gasteiger partial charge in [0.25, 0.3) is 0 Å². The van der Waals surface area contributed by atoms with Crippen molar-refractivity contribution >= 4 is 29.3 Å². The lowest BCUT2D eigenvalue weighted by Gasteiger charge is -2.07. The van der Waals surface area contributed by atoms with Crippen molar-refractivity contribution in [2.24, 2.45) is 0 Å². The van der Waals surface area contributed by atoms with E-state index in [1.165, 1.54) is 5.56 Å². The minimum atomic E-state index is 0.0711. The van der Waals surface area contributed by atoms with E-state index in [0.29, 0.717) is 12.3 Å². The van der Waals surface area contributed by atoms with E-state index >= 15 is 0 Å². The van der Waals surface area contributed by atoms with Crippen molar-refractivity contribution in [3.8, 4) is 5.75 Å². The van der Waals surface area contributed by atoms with Gasteiger partial charge in [-0.2, -0.15) is 0 Å². The third kappa shape index (κ3) is 6.46. The second-order valence-electron chi connectivity index (χ2n) is 5.39. The highest BCUT2D eigenvalue weighted by Gasteiger charge is 2.04. The van der Waals surface area contributed by atoms with Crippen LogP contribution in [-0.4, -0.2) is 25.3 Å². The van der Waals surface area contributed by atoms with Gasteiger partial charge in [0.15, 0.2) is 0 Å². The van der Waals surface area contributed by atoms with Gasteiger partial charge in [-0.15, -0.1) is 11.8 Å². The second-order valence-corrected chi connectivity index (χ2v) is 6.78. The summed E-state index contributed by atoms with van der Waals surface area (Å²) in [4.78, 5) is 11.8. The predicted molar refractivity (Wildman–Crippen MR) is 102 cm³/mol. The fourth-order valence-electron chi connectivity index (χ4n) is 2.23. The number of hydrogen-bond acceptors (Lipinski definition) is 3. The molecule has 2 aromatic carbocycles. The molecular weight excluding hydrogens is 342 g/mol. The smallest absolute Gasteiger partial charge is 0.230 e. The molecule has 0 atom stereocenters. The Morgan fingerprint density at radius 1 is 1.17 bits per heavy atom. The lowest BCUT2D eigenvalue weighted by molar-refractivity contribution is -0.118. The predicted octanol–water partition coefficient (Wildman–Crippen LogP) is 4.33. The fourth-order valence-corrected chi connectivity index (χ4v) is 3.38. The average Bonchev–Trinajstić information content (AvgIpc) is 2.61. The van der Waals surface area contributed by atoms with Gasteiger partial charge in [-0.05, 0) is 42.2 Å². The first-order valence-electron chi connectivity index (χ1n) is 7.90. The SMILES string of the molecule is COc1ccc(CCCNC(=O)CSCc2ccccc2Cl)cc1. The van der Waals surface area contributed by atoms with Crippen LogP contribution in [0.1, 0.15) is 17.5 Å². The normalized spacial score (nSPS) is 10.4. The zero-order valence-electron chi connectivity index (χ0n) is 13.8. The number of carbonyl (C=O) groups is 1. The summed E-state index contributed by atoms with van der Waals surface area (Å²) in [6.45, 7) is 0.692. The van der Waals surface area contributed by atoms with E-state index in [2.05, 4.69) is 17.4 Å². The van der Waals surface area contributed by atoms with E-state index in [0.717, 1.165) is 34.9 Å². The summed E-state index contributed by atoms with van der Waals surface area (Å²) in [5, 5.41) is 3.71. The number of benzene rings is 2. The molecule has 0 fully saturated rings. The highest BCUT2D eigenvalue weighted by molar-refractivity contribution is 7.99. The molecule has 0 saturated heterocycles. The number of rotatable bonds is 9. The number of amides is 1. The first-order chi connectivity index (χ1) is 11.7. The quantitative estimate of drug-likeness (QED) is 0.674. The Labute approximate surface area is 152 Å². The third-order valence-corrected chi connectivity index (χ3v) is 4.92. The lowest BCUT2D eigenvalue weighted by atomic mass is 10.1. The number of nitrogens with one attached hydrogen (secondary N) is 1. The van der Waals surface area contributed by atoms with Crippen molar-refractivity contribution in [2.45, 2.75) is 18.6 Å². The van der Waals surface area contributed by atoms with E-state index in [-0.39, 0.29) is 5.91 Å². The molecular formula is C19H22ClNO2S. The van der Waals surface area contributed by atoms with Crippen molar-refractivity contribution in [3.63, 3.8) is 0 Å². The zero-order valence-corrected chi connectivity index (χ0v) is 15.3. The molecule has 0 aliphatic carbocycles. The minimum Gasteiger partial charge on any atom is -0.497 e. The topological polar surface area (TPSA) is 38.3 Å². The van der Waals surface area contributed by atoms with Crippen LogP contribution in [0.15, 0.2) is 48.5 Å². The Morgan fingerprint density at radius 3 is 2.62 bits per heavy atom. The number of carbonyl (C=O) groups excluding carboxylic acids is 1. The van der Waals surface area contributed by atoms with Crippen LogP contribution in [0.2, 0.25) is 5.02 Å². The summed E-state index contributed by atoms with van der Waals surface area (Å²) in [7, 11) is 1.66. The molecule has 0 saturated carbocycles.